The predicted octanol–water partition coefficient (Wildman–Crippen LogP) is 4.41. The van der Waals surface area contributed by atoms with Crippen LogP contribution in [0.4, 0.5) is 4.39 Å². The van der Waals surface area contributed by atoms with Crippen molar-refractivity contribution in [3.05, 3.63) is 65.5 Å². The van der Waals surface area contributed by atoms with Gasteiger partial charge in [-0.15, -0.1) is 0 Å². The molecule has 0 radical (unpaired) electrons. The van der Waals surface area contributed by atoms with Crippen molar-refractivity contribution < 1.29 is 9.50 Å². The van der Waals surface area contributed by atoms with Crippen molar-refractivity contribution in [2.24, 2.45) is 5.41 Å². The Morgan fingerprint density at radius 1 is 1.10 bits per heavy atom. The molecule has 0 amide bonds. The second kappa shape index (κ2) is 6.27. The Morgan fingerprint density at radius 2 is 1.76 bits per heavy atom. The number of halogens is 1. The van der Waals surface area contributed by atoms with Crippen LogP contribution in [0, 0.1) is 11.2 Å². The van der Waals surface area contributed by atoms with Gasteiger partial charge in [0.05, 0.1) is 0 Å². The fourth-order valence-corrected chi connectivity index (χ4v) is 2.52. The number of rotatable bonds is 4. The van der Waals surface area contributed by atoms with Crippen LogP contribution < -0.4 is 5.32 Å². The number of benzene rings is 2. The Morgan fingerprint density at radius 3 is 2.33 bits per heavy atom. The first kappa shape index (κ1) is 15.5. The Kier molecular flexibility index (Phi) is 4.63. The van der Waals surface area contributed by atoms with Crippen molar-refractivity contribution in [2.45, 2.75) is 33.4 Å². The number of phenols is 1. The average Bonchev–Trinajstić information content (AvgIpc) is 2.37. The van der Waals surface area contributed by atoms with Gasteiger partial charge < -0.3 is 10.4 Å². The molecule has 2 rings (SSSR count). The highest BCUT2D eigenvalue weighted by atomic mass is 19.1. The van der Waals surface area contributed by atoms with E-state index in [1.54, 1.807) is 6.07 Å². The Labute approximate surface area is 125 Å². The van der Waals surface area contributed by atoms with Crippen LogP contribution in [0.5, 0.6) is 5.75 Å². The summed E-state index contributed by atoms with van der Waals surface area (Å²) in [6.45, 7) is 7.00. The lowest BCUT2D eigenvalue weighted by Gasteiger charge is -2.32. The molecular weight excluding hydrogens is 265 g/mol. The molecular formula is C18H22FNO. The zero-order chi connectivity index (χ0) is 15.5. The van der Waals surface area contributed by atoms with E-state index in [0.717, 1.165) is 11.6 Å². The molecule has 0 spiro atoms. The summed E-state index contributed by atoms with van der Waals surface area (Å²) in [7, 11) is 0. The minimum atomic E-state index is -0.418. The van der Waals surface area contributed by atoms with Gasteiger partial charge in [0.2, 0.25) is 0 Å². The van der Waals surface area contributed by atoms with Gasteiger partial charge in [-0.3, -0.25) is 0 Å². The summed E-state index contributed by atoms with van der Waals surface area (Å²) < 4.78 is 13.3. The zero-order valence-corrected chi connectivity index (χ0v) is 12.7. The number of nitrogens with one attached hydrogen (secondary N) is 1. The standard InChI is InChI=1S/C18H22FNO/c1-18(2,3)17(14-7-5-4-6-8-14)20-12-13-9-15(19)11-16(21)10-13/h4-11,17,20-21H,12H2,1-3H3. The van der Waals surface area contributed by atoms with E-state index in [9.17, 15) is 9.50 Å². The summed E-state index contributed by atoms with van der Waals surface area (Å²) >= 11 is 0. The predicted molar refractivity (Wildman–Crippen MR) is 83.5 cm³/mol. The van der Waals surface area contributed by atoms with Crippen molar-refractivity contribution in [3.63, 3.8) is 0 Å². The second-order valence-corrected chi connectivity index (χ2v) is 6.41. The Balaban J connectivity index is 2.17. The first-order valence-corrected chi connectivity index (χ1v) is 7.13. The van der Waals surface area contributed by atoms with Gasteiger partial charge in [-0.2, -0.15) is 0 Å². The van der Waals surface area contributed by atoms with Crippen molar-refractivity contribution in [2.75, 3.05) is 0 Å². The number of phenolic OH excluding ortho intramolecular Hbond substituents is 1. The van der Waals surface area contributed by atoms with E-state index < -0.39 is 5.82 Å². The molecule has 2 aromatic rings. The minimum absolute atomic E-state index is 0.0245. The van der Waals surface area contributed by atoms with E-state index in [0.29, 0.717) is 6.54 Å². The molecule has 0 aliphatic carbocycles. The molecule has 0 aliphatic heterocycles. The third-order valence-corrected chi connectivity index (χ3v) is 3.45. The van der Waals surface area contributed by atoms with Gasteiger partial charge in [-0.1, -0.05) is 51.1 Å². The topological polar surface area (TPSA) is 32.3 Å². The van der Waals surface area contributed by atoms with E-state index in [1.807, 2.05) is 18.2 Å². The SMILES string of the molecule is CC(C)(C)C(NCc1cc(O)cc(F)c1)c1ccccc1. The summed E-state index contributed by atoms with van der Waals surface area (Å²) in [5, 5.41) is 12.9. The van der Waals surface area contributed by atoms with Gasteiger partial charge in [0.1, 0.15) is 11.6 Å². The number of aromatic hydroxyl groups is 1. The first-order valence-electron chi connectivity index (χ1n) is 7.13. The molecule has 2 N–H and O–H groups in total. The third-order valence-electron chi connectivity index (χ3n) is 3.45. The lowest BCUT2D eigenvalue weighted by atomic mass is 9.82. The minimum Gasteiger partial charge on any atom is -0.508 e. The molecule has 0 aliphatic rings. The van der Waals surface area contributed by atoms with Crippen LogP contribution in [0.15, 0.2) is 48.5 Å². The lowest BCUT2D eigenvalue weighted by molar-refractivity contribution is 0.271. The first-order chi connectivity index (χ1) is 9.86. The molecule has 2 aromatic carbocycles. The lowest BCUT2D eigenvalue weighted by Crippen LogP contribution is -2.32. The molecule has 2 nitrogen and oxygen atoms in total. The Hall–Kier alpha value is -1.87. The Bertz CT molecular complexity index is 570. The van der Waals surface area contributed by atoms with Crippen LogP contribution >= 0.6 is 0 Å². The molecule has 3 heteroatoms. The normalized spacial score (nSPS) is 13.1. The third kappa shape index (κ3) is 4.30. The highest BCUT2D eigenvalue weighted by molar-refractivity contribution is 5.29. The second-order valence-electron chi connectivity index (χ2n) is 6.41. The van der Waals surface area contributed by atoms with Crippen molar-refractivity contribution in [3.8, 4) is 5.75 Å². The quantitative estimate of drug-likeness (QED) is 0.873. The van der Waals surface area contributed by atoms with Crippen molar-refractivity contribution >= 4 is 0 Å². The molecule has 1 atom stereocenters. The highest BCUT2D eigenvalue weighted by Crippen LogP contribution is 2.33. The van der Waals surface area contributed by atoms with Crippen LogP contribution in [-0.2, 0) is 6.54 Å². The molecule has 0 bridgehead atoms. The smallest absolute Gasteiger partial charge is 0.127 e. The van der Waals surface area contributed by atoms with Gasteiger partial charge >= 0.3 is 0 Å². The maximum Gasteiger partial charge on any atom is 0.127 e. The average molecular weight is 287 g/mol. The van der Waals surface area contributed by atoms with E-state index in [4.69, 9.17) is 0 Å². The molecule has 0 heterocycles. The van der Waals surface area contributed by atoms with Gasteiger partial charge in [0, 0.05) is 18.7 Å². The van der Waals surface area contributed by atoms with Gasteiger partial charge in [0.25, 0.3) is 0 Å². The van der Waals surface area contributed by atoms with E-state index in [2.05, 4.69) is 38.2 Å². The molecule has 0 fully saturated rings. The summed E-state index contributed by atoms with van der Waals surface area (Å²) in [6, 6.07) is 14.5. The summed E-state index contributed by atoms with van der Waals surface area (Å²) in [6.07, 6.45) is 0. The van der Waals surface area contributed by atoms with Crippen LogP contribution in [0.1, 0.15) is 37.9 Å². The molecule has 0 aromatic heterocycles. The van der Waals surface area contributed by atoms with Crippen molar-refractivity contribution in [1.29, 1.82) is 0 Å². The van der Waals surface area contributed by atoms with Gasteiger partial charge in [-0.05, 0) is 28.7 Å². The van der Waals surface area contributed by atoms with Crippen molar-refractivity contribution in [1.82, 2.24) is 5.32 Å². The van der Waals surface area contributed by atoms with Crippen LogP contribution in [0.3, 0.4) is 0 Å². The summed E-state index contributed by atoms with van der Waals surface area (Å²) in [4.78, 5) is 0. The molecule has 21 heavy (non-hydrogen) atoms. The fourth-order valence-electron chi connectivity index (χ4n) is 2.52. The number of hydrogen-bond donors (Lipinski definition) is 2. The molecule has 0 saturated heterocycles. The van der Waals surface area contributed by atoms with E-state index >= 15 is 0 Å². The van der Waals surface area contributed by atoms with Gasteiger partial charge in [-0.25, -0.2) is 4.39 Å². The van der Waals surface area contributed by atoms with E-state index in [-0.39, 0.29) is 17.2 Å². The highest BCUT2D eigenvalue weighted by Gasteiger charge is 2.25. The maximum absolute atomic E-state index is 13.3. The maximum atomic E-state index is 13.3. The molecule has 1 unspecified atom stereocenters. The van der Waals surface area contributed by atoms with E-state index in [1.165, 1.54) is 11.6 Å². The summed E-state index contributed by atoms with van der Waals surface area (Å²) in [5.41, 5.74) is 1.96. The van der Waals surface area contributed by atoms with Crippen LogP contribution in [0.2, 0.25) is 0 Å². The monoisotopic (exact) mass is 287 g/mol. The fraction of sp³-hybridized carbons (Fsp3) is 0.333. The largest absolute Gasteiger partial charge is 0.508 e. The molecule has 0 saturated carbocycles. The zero-order valence-electron chi connectivity index (χ0n) is 12.7. The number of hydrogen-bond acceptors (Lipinski definition) is 2. The van der Waals surface area contributed by atoms with Gasteiger partial charge in [0.15, 0.2) is 0 Å². The van der Waals surface area contributed by atoms with Crippen LogP contribution in [0.25, 0.3) is 0 Å². The molecule has 112 valence electrons. The summed E-state index contributed by atoms with van der Waals surface area (Å²) in [5.74, 6) is -0.461. The van der Waals surface area contributed by atoms with Crippen LogP contribution in [-0.4, -0.2) is 5.11 Å².